The molecular weight excluding hydrogens is 1140 g/mol. The van der Waals surface area contributed by atoms with Gasteiger partial charge in [0.25, 0.3) is 21.6 Å². The van der Waals surface area contributed by atoms with Crippen molar-refractivity contribution < 1.29 is 65.1 Å². The molecule has 1 amide bonds. The van der Waals surface area contributed by atoms with Gasteiger partial charge in [-0.15, -0.1) is 0 Å². The molecule has 1 spiro atoms. The number of alkyl halides is 1. The van der Waals surface area contributed by atoms with E-state index in [0.29, 0.717) is 40.5 Å². The maximum Gasteiger partial charge on any atom is 0.524 e. The van der Waals surface area contributed by atoms with Gasteiger partial charge in [-0.05, 0) is 149 Å². The number of fused-ring (bicyclic) bond motifs is 4. The second-order valence-electron chi connectivity index (χ2n) is 24.2. The molecule has 0 bridgehead atoms. The van der Waals surface area contributed by atoms with E-state index in [-0.39, 0.29) is 80.1 Å². The van der Waals surface area contributed by atoms with Gasteiger partial charge in [0.2, 0.25) is 5.88 Å². The summed E-state index contributed by atoms with van der Waals surface area (Å²) in [6.45, 7) is 6.73. The minimum absolute atomic E-state index is 0.00682. The van der Waals surface area contributed by atoms with E-state index in [1.54, 1.807) is 19.2 Å². The first-order valence-electron chi connectivity index (χ1n) is 28.9. The first kappa shape index (κ1) is 56.8. The molecule has 22 nitrogen and oxygen atoms in total. The molecule has 2 saturated carbocycles. The number of amides is 1. The van der Waals surface area contributed by atoms with Crippen LogP contribution in [0.2, 0.25) is 0 Å². The lowest BCUT2D eigenvalue weighted by Crippen LogP contribution is -2.55. The van der Waals surface area contributed by atoms with Crippen LogP contribution >= 0.6 is 7.82 Å². The molecule has 13 rings (SSSR count). The summed E-state index contributed by atoms with van der Waals surface area (Å²) in [6, 6.07) is 24.8. The van der Waals surface area contributed by atoms with Crippen molar-refractivity contribution in [2.45, 2.75) is 131 Å². The van der Waals surface area contributed by atoms with Gasteiger partial charge >= 0.3 is 13.8 Å². The highest BCUT2D eigenvalue weighted by Gasteiger charge is 2.52. The van der Waals surface area contributed by atoms with Crippen LogP contribution in [0.15, 0.2) is 102 Å². The van der Waals surface area contributed by atoms with Gasteiger partial charge in [0, 0.05) is 54.6 Å². The van der Waals surface area contributed by atoms with Crippen LogP contribution in [0.4, 0.5) is 32.8 Å². The number of nitrogens with one attached hydrogen (secondary N) is 3. The fourth-order valence-corrected chi connectivity index (χ4v) is 15.5. The van der Waals surface area contributed by atoms with E-state index in [9.17, 15) is 32.7 Å². The highest BCUT2D eigenvalue weighted by molar-refractivity contribution is 7.90. The molecule has 4 aromatic carbocycles. The second-order valence-corrected chi connectivity index (χ2v) is 27.1. The van der Waals surface area contributed by atoms with Crippen LogP contribution in [0.3, 0.4) is 0 Å². The van der Waals surface area contributed by atoms with Crippen molar-refractivity contribution in [3.63, 3.8) is 0 Å². The van der Waals surface area contributed by atoms with Crippen LogP contribution in [0.1, 0.15) is 104 Å². The largest absolute Gasteiger partial charge is 0.524 e. The smallest absolute Gasteiger partial charge is 0.489 e. The summed E-state index contributed by atoms with van der Waals surface area (Å²) in [7, 11) is -9.64. The van der Waals surface area contributed by atoms with Gasteiger partial charge in [-0.2, -0.15) is 4.98 Å². The number of esters is 1. The fourth-order valence-electron chi connectivity index (χ4n) is 14.1. The van der Waals surface area contributed by atoms with Crippen molar-refractivity contribution in [3.05, 3.63) is 130 Å². The van der Waals surface area contributed by atoms with E-state index in [1.165, 1.54) is 48.2 Å². The molecule has 448 valence electrons. The number of aryl methyl sites for hydroxylation is 1. The molecule has 25 heteroatoms. The third kappa shape index (κ3) is 11.0. The molecule has 5 N–H and O–H groups in total. The van der Waals surface area contributed by atoms with Crippen LogP contribution < -0.4 is 33.8 Å². The molecule has 2 aliphatic carbocycles. The SMILES string of the molecule is Cc1ccccc1[C@@H]1CCCN1C1CC2(CCN(c3ccc(C(=O)NS(=O)(=O)c4cc5c(c([N+](=O)[O-])c4)N[C@H](C4(F)CCC(C)(OC(=O)Cc6ccc(OP(=O)(O)O)cc6)CC4)CO5)c(N4c5cc6cc[nH]c6nc5O[C@@H]5COC[C@H]54)c3)CC2)C1. The molecule has 6 aromatic rings. The Morgan fingerprint density at radius 2 is 1.71 bits per heavy atom. The first-order chi connectivity index (χ1) is 40.6. The van der Waals surface area contributed by atoms with Crippen molar-refractivity contribution in [1.82, 2.24) is 19.6 Å². The van der Waals surface area contributed by atoms with Crippen LogP contribution in [0.25, 0.3) is 11.0 Å². The van der Waals surface area contributed by atoms with Crippen molar-refractivity contribution in [2.75, 3.05) is 54.6 Å². The minimum Gasteiger partial charge on any atom is -0.489 e. The number of benzene rings is 4. The lowest BCUT2D eigenvalue weighted by atomic mass is 9.59. The number of rotatable bonds is 14. The summed E-state index contributed by atoms with van der Waals surface area (Å²) >= 11 is 0. The van der Waals surface area contributed by atoms with Crippen LogP contribution in [-0.2, 0) is 35.3 Å². The summed E-state index contributed by atoms with van der Waals surface area (Å²) in [4.78, 5) is 72.4. The van der Waals surface area contributed by atoms with E-state index in [1.807, 2.05) is 29.2 Å². The van der Waals surface area contributed by atoms with E-state index >= 15 is 4.39 Å². The topological polar surface area (TPSA) is 278 Å². The number of nitrogens with zero attached hydrogens (tertiary/aromatic N) is 5. The first-order valence-corrected chi connectivity index (χ1v) is 31.9. The number of piperidine rings is 1. The van der Waals surface area contributed by atoms with E-state index in [0.717, 1.165) is 68.5 Å². The average molecular weight is 1210 g/mol. The Morgan fingerprint density at radius 1 is 0.941 bits per heavy atom. The maximum absolute atomic E-state index is 17.0. The molecular formula is C60H66FN8O14PS. The number of carbonyl (C=O) groups is 2. The number of anilines is 4. The van der Waals surface area contributed by atoms with Gasteiger partial charge in [0.05, 0.1) is 52.8 Å². The lowest BCUT2D eigenvalue weighted by molar-refractivity contribution is -0.384. The van der Waals surface area contributed by atoms with E-state index in [4.69, 9.17) is 33.7 Å². The molecule has 0 unspecified atom stereocenters. The van der Waals surface area contributed by atoms with Crippen molar-refractivity contribution in [2.24, 2.45) is 5.41 Å². The summed E-state index contributed by atoms with van der Waals surface area (Å²) in [5, 5.41) is 16.5. The number of phosphoric ester groups is 1. The van der Waals surface area contributed by atoms with Crippen molar-refractivity contribution in [1.29, 1.82) is 0 Å². The Hall–Kier alpha value is -7.34. The number of aromatic nitrogens is 2. The zero-order valence-electron chi connectivity index (χ0n) is 46.9. The second kappa shape index (κ2) is 21.6. The maximum atomic E-state index is 17.0. The van der Waals surface area contributed by atoms with Crippen molar-refractivity contribution in [3.8, 4) is 17.4 Å². The van der Waals surface area contributed by atoms with Crippen LogP contribution in [0, 0.1) is 22.5 Å². The predicted octanol–water partition coefficient (Wildman–Crippen LogP) is 9.25. The number of sulfonamides is 1. The number of H-pyrrole nitrogens is 1. The Balaban J connectivity index is 0.721. The number of aromatic amines is 1. The molecule has 5 aliphatic heterocycles. The highest BCUT2D eigenvalue weighted by atomic mass is 32.2. The van der Waals surface area contributed by atoms with Crippen LogP contribution in [0.5, 0.6) is 17.4 Å². The summed E-state index contributed by atoms with van der Waals surface area (Å²) < 4.78 is 88.2. The lowest BCUT2D eigenvalue weighted by Gasteiger charge is -2.56. The predicted molar refractivity (Wildman–Crippen MR) is 311 cm³/mol. The quantitative estimate of drug-likeness (QED) is 0.0294. The normalized spacial score (nSPS) is 25.6. The number of phosphoric acid groups is 1. The van der Waals surface area contributed by atoms with Crippen LogP contribution in [-0.4, -0.2) is 125 Å². The third-order valence-electron chi connectivity index (χ3n) is 18.8. The van der Waals surface area contributed by atoms with Gasteiger partial charge in [-0.1, -0.05) is 36.4 Å². The average Bonchev–Trinajstić information content (AvgIpc) is 3.88. The molecule has 2 aromatic heterocycles. The number of halogens is 1. The molecule has 3 saturated heterocycles. The zero-order valence-corrected chi connectivity index (χ0v) is 48.6. The van der Waals surface area contributed by atoms with Gasteiger partial charge in [0.15, 0.2) is 11.4 Å². The number of likely N-dealkylation sites (tertiary alicyclic amines) is 1. The number of nitro groups is 1. The number of pyridine rings is 1. The zero-order chi connectivity index (χ0) is 59.2. The summed E-state index contributed by atoms with van der Waals surface area (Å²) in [5.41, 5.74) is 1.90. The standard InChI is InChI=1S/C60H66FN8O14PS/c1-36-6-3-4-7-43(36)45-8-5-23-67(45)40-31-59(32-40)20-24-66(25-21-59)39-11-14-44(46(28-39)68-48-27-38-15-22-62-55(38)64-57(48)81-51-34-79-33-49(51)68)56(71)65-85(77,78)42-29-47(69(72)73)54-50(30-42)80-35-52(63-54)60(61)18-16-58(2,17-19-60)82-53(70)26-37-9-12-41(13-10-37)83-84(74,75)76/h3-4,6-7,9-15,22,27-30,40,45,49,51-52,63H,5,8,16-21,23-26,31-35H2,1-2H3,(H,62,64)(H,65,71)(H2,74,75,76)/t45-,49+,51+,52-,58?,60?/m0/s1. The molecule has 5 fully saturated rings. The highest BCUT2D eigenvalue weighted by Crippen LogP contribution is 2.55. The summed E-state index contributed by atoms with van der Waals surface area (Å²) in [6.07, 6.45) is 7.74. The number of nitro benzene ring substituents is 1. The van der Waals surface area contributed by atoms with E-state index in [2.05, 4.69) is 60.5 Å². The number of carbonyl (C=O) groups excluding carboxylic acids is 2. The van der Waals surface area contributed by atoms with E-state index < -0.39 is 74.7 Å². The van der Waals surface area contributed by atoms with Gasteiger partial charge in [-0.25, -0.2) is 22.1 Å². The molecule has 7 aliphatic rings. The number of ether oxygens (including phenoxy) is 4. The molecule has 85 heavy (non-hydrogen) atoms. The molecule has 7 heterocycles. The molecule has 4 atom stereocenters. The van der Waals surface area contributed by atoms with Gasteiger partial charge in [-0.3, -0.25) is 34.4 Å². The summed E-state index contributed by atoms with van der Waals surface area (Å²) in [5.74, 6) is -1.61. The third-order valence-corrected chi connectivity index (χ3v) is 20.5. The fraction of sp³-hybridized carbons (Fsp3) is 0.450. The minimum atomic E-state index is -4.87. The number of hydrogen-bond acceptors (Lipinski definition) is 17. The molecule has 0 radical (unpaired) electrons. The Morgan fingerprint density at radius 3 is 2.45 bits per heavy atom. The van der Waals surface area contributed by atoms with Crippen molar-refractivity contribution >= 4 is 69.2 Å². The van der Waals surface area contributed by atoms with Gasteiger partial charge < -0.3 is 43.6 Å². The Labute approximate surface area is 489 Å². The van der Waals surface area contributed by atoms with Gasteiger partial charge in [0.1, 0.15) is 41.1 Å². The monoisotopic (exact) mass is 1200 g/mol. The Kier molecular flexibility index (Phi) is 14.4. The Bertz CT molecular complexity index is 3780. The number of hydrogen-bond donors (Lipinski definition) is 5.